The summed E-state index contributed by atoms with van der Waals surface area (Å²) in [6.07, 6.45) is 7.28. The van der Waals surface area contributed by atoms with Crippen molar-refractivity contribution < 1.29 is 9.53 Å². The number of nitrogens with zero attached hydrogens (tertiary/aromatic N) is 2. The maximum absolute atomic E-state index is 11.9. The van der Waals surface area contributed by atoms with Crippen molar-refractivity contribution in [1.82, 2.24) is 14.7 Å². The van der Waals surface area contributed by atoms with Gasteiger partial charge < -0.3 is 14.5 Å². The van der Waals surface area contributed by atoms with Crippen LogP contribution in [-0.2, 0) is 16.0 Å². The van der Waals surface area contributed by atoms with E-state index in [0.29, 0.717) is 19.6 Å². The second-order valence-electron chi connectivity index (χ2n) is 5.55. The summed E-state index contributed by atoms with van der Waals surface area (Å²) >= 11 is 0. The van der Waals surface area contributed by atoms with Gasteiger partial charge in [-0.25, -0.2) is 4.98 Å². The molecule has 0 saturated carbocycles. The first-order valence-electron chi connectivity index (χ1n) is 7.97. The molecule has 2 heterocycles. The number of carbonyl (C=O) groups excluding carboxylic acids is 1. The minimum Gasteiger partial charge on any atom is -0.381 e. The molecule has 120 valence electrons. The summed E-state index contributed by atoms with van der Waals surface area (Å²) in [6.45, 7) is 6.34. The minimum atomic E-state index is 0.00804. The Kier molecular flexibility index (Phi) is 6.40. The third-order valence-electron chi connectivity index (χ3n) is 3.44. The van der Waals surface area contributed by atoms with E-state index in [1.165, 1.54) is 0 Å². The Morgan fingerprint density at radius 2 is 2.18 bits per heavy atom. The fraction of sp³-hybridized carbons (Fsp3) is 0.529. The predicted octanol–water partition coefficient (Wildman–Crippen LogP) is 2.51. The highest BCUT2D eigenvalue weighted by molar-refractivity contribution is 5.78. The van der Waals surface area contributed by atoms with Gasteiger partial charge in [-0.3, -0.25) is 4.79 Å². The van der Waals surface area contributed by atoms with Crippen LogP contribution < -0.4 is 5.32 Å². The zero-order valence-electron chi connectivity index (χ0n) is 13.5. The first-order chi connectivity index (χ1) is 10.7. The third-order valence-corrected chi connectivity index (χ3v) is 3.44. The van der Waals surface area contributed by atoms with E-state index >= 15 is 0 Å². The summed E-state index contributed by atoms with van der Waals surface area (Å²) in [4.78, 5) is 16.4. The molecule has 0 aliphatic carbocycles. The van der Waals surface area contributed by atoms with Crippen molar-refractivity contribution in [3.8, 4) is 0 Å². The highest BCUT2D eigenvalue weighted by Gasteiger charge is 2.07. The van der Waals surface area contributed by atoms with Gasteiger partial charge in [0.1, 0.15) is 5.65 Å². The first kappa shape index (κ1) is 16.5. The van der Waals surface area contributed by atoms with E-state index in [4.69, 9.17) is 4.74 Å². The fourth-order valence-electron chi connectivity index (χ4n) is 2.20. The number of rotatable bonds is 9. The first-order valence-corrected chi connectivity index (χ1v) is 7.97. The molecule has 2 aromatic rings. The number of aromatic nitrogens is 2. The number of carbonyl (C=O) groups is 1. The quantitative estimate of drug-likeness (QED) is 0.724. The number of amides is 1. The zero-order valence-corrected chi connectivity index (χ0v) is 13.5. The van der Waals surface area contributed by atoms with E-state index in [2.05, 4.69) is 17.2 Å². The van der Waals surface area contributed by atoms with Crippen molar-refractivity contribution in [3.05, 3.63) is 35.8 Å². The molecule has 5 heteroatoms. The van der Waals surface area contributed by atoms with Crippen LogP contribution in [0.1, 0.15) is 37.4 Å². The smallest absolute Gasteiger partial charge is 0.226 e. The van der Waals surface area contributed by atoms with E-state index in [-0.39, 0.29) is 5.91 Å². The normalized spacial score (nSPS) is 11.0. The predicted molar refractivity (Wildman–Crippen MR) is 87.0 cm³/mol. The molecule has 2 rings (SSSR count). The van der Waals surface area contributed by atoms with Crippen LogP contribution in [0.3, 0.4) is 0 Å². The van der Waals surface area contributed by atoms with Crippen molar-refractivity contribution in [2.24, 2.45) is 0 Å². The molecule has 0 bridgehead atoms. The molecule has 0 fully saturated rings. The Hall–Kier alpha value is -1.88. The van der Waals surface area contributed by atoms with Gasteiger partial charge in [-0.15, -0.1) is 0 Å². The van der Waals surface area contributed by atoms with Gasteiger partial charge in [-0.1, -0.05) is 13.3 Å². The Balaban J connectivity index is 1.70. The number of hydrogen-bond acceptors (Lipinski definition) is 3. The topological polar surface area (TPSA) is 55.6 Å². The maximum Gasteiger partial charge on any atom is 0.226 e. The van der Waals surface area contributed by atoms with Crippen molar-refractivity contribution >= 4 is 11.6 Å². The van der Waals surface area contributed by atoms with Crippen LogP contribution in [0, 0.1) is 6.92 Å². The number of pyridine rings is 1. The van der Waals surface area contributed by atoms with Gasteiger partial charge in [-0.05, 0) is 37.5 Å². The van der Waals surface area contributed by atoms with Crippen LogP contribution in [0.4, 0.5) is 0 Å². The minimum absolute atomic E-state index is 0.00804. The summed E-state index contributed by atoms with van der Waals surface area (Å²) in [6, 6.07) is 4.03. The molecule has 5 nitrogen and oxygen atoms in total. The highest BCUT2D eigenvalue weighted by atomic mass is 16.5. The second-order valence-corrected chi connectivity index (χ2v) is 5.55. The molecule has 0 radical (unpaired) electrons. The molecule has 0 aromatic carbocycles. The number of unbranched alkanes of at least 4 members (excludes halogenated alkanes) is 1. The fourth-order valence-corrected chi connectivity index (χ4v) is 2.20. The molecular weight excluding hydrogens is 278 g/mol. The number of hydrogen-bond donors (Lipinski definition) is 1. The monoisotopic (exact) mass is 303 g/mol. The molecule has 1 N–H and O–H groups in total. The van der Waals surface area contributed by atoms with Crippen LogP contribution in [0.2, 0.25) is 0 Å². The second kappa shape index (κ2) is 8.54. The van der Waals surface area contributed by atoms with Crippen molar-refractivity contribution in [2.75, 3.05) is 19.8 Å². The standard InChI is InChI=1S/C17H25N3O2/c1-3-4-9-22-10-5-7-18-17(21)12-15-13-20-8-6-14(2)11-16(20)19-15/h6,8,11,13H,3-5,7,9-10,12H2,1-2H3,(H,18,21). The van der Waals surface area contributed by atoms with Crippen molar-refractivity contribution in [1.29, 1.82) is 0 Å². The lowest BCUT2D eigenvalue weighted by atomic mass is 10.3. The van der Waals surface area contributed by atoms with Gasteiger partial charge in [0, 0.05) is 32.2 Å². The zero-order chi connectivity index (χ0) is 15.8. The van der Waals surface area contributed by atoms with E-state index in [9.17, 15) is 4.79 Å². The van der Waals surface area contributed by atoms with Gasteiger partial charge in [-0.2, -0.15) is 0 Å². The van der Waals surface area contributed by atoms with Crippen LogP contribution in [-0.4, -0.2) is 35.1 Å². The third kappa shape index (κ3) is 5.15. The Labute approximate surface area is 131 Å². The Morgan fingerprint density at radius 1 is 1.36 bits per heavy atom. The number of fused-ring (bicyclic) bond motifs is 1. The number of aryl methyl sites for hydroxylation is 1. The Morgan fingerprint density at radius 3 is 3.00 bits per heavy atom. The molecule has 0 spiro atoms. The SMILES string of the molecule is CCCCOCCCNC(=O)Cc1cn2ccc(C)cc2n1. The molecule has 22 heavy (non-hydrogen) atoms. The maximum atomic E-state index is 11.9. The molecule has 1 amide bonds. The van der Waals surface area contributed by atoms with Gasteiger partial charge in [0.05, 0.1) is 12.1 Å². The molecule has 0 atom stereocenters. The number of imidazole rings is 1. The Bertz CT molecular complexity index is 607. The average Bonchev–Trinajstić information content (AvgIpc) is 2.87. The van der Waals surface area contributed by atoms with Crippen molar-refractivity contribution in [2.45, 2.75) is 39.5 Å². The molecule has 0 unspecified atom stereocenters. The molecule has 0 aliphatic rings. The van der Waals surface area contributed by atoms with E-state index in [0.717, 1.165) is 42.8 Å². The van der Waals surface area contributed by atoms with E-state index in [1.807, 2.05) is 35.9 Å². The lowest BCUT2D eigenvalue weighted by Gasteiger charge is -2.05. The van der Waals surface area contributed by atoms with Crippen LogP contribution in [0.25, 0.3) is 5.65 Å². The molecule has 0 aliphatic heterocycles. The largest absolute Gasteiger partial charge is 0.381 e. The highest BCUT2D eigenvalue weighted by Crippen LogP contribution is 2.08. The number of nitrogens with one attached hydrogen (secondary N) is 1. The molecule has 0 saturated heterocycles. The van der Waals surface area contributed by atoms with Gasteiger partial charge in [0.2, 0.25) is 5.91 Å². The summed E-state index contributed by atoms with van der Waals surface area (Å²) in [5, 5.41) is 2.91. The van der Waals surface area contributed by atoms with Crippen LogP contribution in [0.5, 0.6) is 0 Å². The van der Waals surface area contributed by atoms with Crippen LogP contribution in [0.15, 0.2) is 24.5 Å². The van der Waals surface area contributed by atoms with E-state index < -0.39 is 0 Å². The summed E-state index contributed by atoms with van der Waals surface area (Å²) in [7, 11) is 0. The van der Waals surface area contributed by atoms with Gasteiger partial charge in [0.15, 0.2) is 0 Å². The lowest BCUT2D eigenvalue weighted by Crippen LogP contribution is -2.27. The summed E-state index contributed by atoms with van der Waals surface area (Å²) < 4.78 is 7.40. The van der Waals surface area contributed by atoms with Crippen molar-refractivity contribution in [3.63, 3.8) is 0 Å². The molecular formula is C17H25N3O2. The van der Waals surface area contributed by atoms with Crippen LogP contribution >= 0.6 is 0 Å². The number of ether oxygens (including phenoxy) is 1. The van der Waals surface area contributed by atoms with Gasteiger partial charge in [0.25, 0.3) is 0 Å². The molecule has 2 aromatic heterocycles. The van der Waals surface area contributed by atoms with E-state index in [1.54, 1.807) is 0 Å². The van der Waals surface area contributed by atoms with Gasteiger partial charge >= 0.3 is 0 Å². The summed E-state index contributed by atoms with van der Waals surface area (Å²) in [5.74, 6) is 0.00804. The lowest BCUT2D eigenvalue weighted by molar-refractivity contribution is -0.120. The average molecular weight is 303 g/mol. The summed E-state index contributed by atoms with van der Waals surface area (Å²) in [5.41, 5.74) is 2.84.